The van der Waals surface area contributed by atoms with Crippen LogP contribution < -0.4 is 4.90 Å². The predicted molar refractivity (Wildman–Crippen MR) is 213 cm³/mol. The number of rotatable bonds is 4. The molecular formula is C48H38N2O. The van der Waals surface area contributed by atoms with Crippen LogP contribution in [0, 0.1) is 11.8 Å². The van der Waals surface area contributed by atoms with Gasteiger partial charge in [-0.25, -0.2) is 0 Å². The topological polar surface area (TPSA) is 21.3 Å². The van der Waals surface area contributed by atoms with Gasteiger partial charge in [0.15, 0.2) is 0 Å². The van der Waals surface area contributed by atoms with Crippen LogP contribution in [0.3, 0.4) is 0 Å². The maximum atomic E-state index is 6.21. The molecule has 8 aromatic rings. The van der Waals surface area contributed by atoms with Crippen molar-refractivity contribution in [3.05, 3.63) is 163 Å². The molecule has 51 heavy (non-hydrogen) atoms. The molecule has 1 fully saturated rings. The van der Waals surface area contributed by atoms with E-state index in [1.807, 2.05) is 0 Å². The monoisotopic (exact) mass is 658 g/mol. The van der Waals surface area contributed by atoms with E-state index in [0.717, 1.165) is 30.4 Å². The van der Waals surface area contributed by atoms with Crippen LogP contribution in [0.25, 0.3) is 66.1 Å². The number of aromatic nitrogens is 1. The maximum Gasteiger partial charge on any atom is 0.135 e. The van der Waals surface area contributed by atoms with Crippen LogP contribution in [0.15, 0.2) is 162 Å². The van der Waals surface area contributed by atoms with E-state index < -0.39 is 0 Å². The highest BCUT2D eigenvalue weighted by Gasteiger charge is 2.48. The molecule has 246 valence electrons. The minimum absolute atomic E-state index is 0.492. The van der Waals surface area contributed by atoms with Gasteiger partial charge in [-0.05, 0) is 103 Å². The van der Waals surface area contributed by atoms with E-state index in [1.165, 1.54) is 72.6 Å². The third-order valence-corrected chi connectivity index (χ3v) is 12.1. The SMILES string of the molecule is C1=CC2C3C=C(c4ccc5c(c4)c4ccccc4n5-c4ccc(-c5ccccc5)cc4)CCC3N(c3ccc4oc5ccccc5c4c3)C2CC1. The fourth-order valence-corrected chi connectivity index (χ4v) is 9.79. The molecule has 0 radical (unpaired) electrons. The number of fused-ring (bicyclic) bond motifs is 9. The van der Waals surface area contributed by atoms with Crippen molar-refractivity contribution in [2.45, 2.75) is 37.8 Å². The van der Waals surface area contributed by atoms with Crippen LogP contribution in [0.1, 0.15) is 31.2 Å². The summed E-state index contributed by atoms with van der Waals surface area (Å²) in [5.74, 6) is 1.02. The van der Waals surface area contributed by atoms with E-state index >= 15 is 0 Å². The lowest BCUT2D eigenvalue weighted by atomic mass is 9.76. The molecule has 4 unspecified atom stereocenters. The van der Waals surface area contributed by atoms with Gasteiger partial charge in [-0.2, -0.15) is 0 Å². The highest BCUT2D eigenvalue weighted by molar-refractivity contribution is 6.10. The highest BCUT2D eigenvalue weighted by Crippen LogP contribution is 2.50. The van der Waals surface area contributed by atoms with Gasteiger partial charge in [0.1, 0.15) is 11.2 Å². The van der Waals surface area contributed by atoms with Gasteiger partial charge in [0.25, 0.3) is 0 Å². The minimum Gasteiger partial charge on any atom is -0.456 e. The maximum absolute atomic E-state index is 6.21. The number of allylic oxidation sites excluding steroid dienone is 2. The van der Waals surface area contributed by atoms with Gasteiger partial charge in [0, 0.05) is 56.8 Å². The van der Waals surface area contributed by atoms with Crippen LogP contribution in [0.4, 0.5) is 5.69 Å². The quantitative estimate of drug-likeness (QED) is 0.176. The standard InChI is InChI=1S/C48H38N2O/c1-2-10-31(11-3-1)32-18-22-35(23-19-32)49-43-15-7-4-12-37(43)40-28-33(20-25-45(40)49)34-21-26-46-41(29-34)38-13-5-8-16-44(38)50(46)36-24-27-48-42(30-36)39-14-6-9-17-47(39)51-48/h1-7,9-15,17-20,22-25,27-30,38,41,44,46H,8,16,21,26H2. The number of para-hydroxylation sites is 2. The molecule has 0 N–H and O–H groups in total. The van der Waals surface area contributed by atoms with Crippen molar-refractivity contribution in [1.82, 2.24) is 4.57 Å². The first-order valence-electron chi connectivity index (χ1n) is 18.5. The number of furan rings is 1. The van der Waals surface area contributed by atoms with E-state index in [2.05, 4.69) is 167 Å². The number of anilines is 1. The van der Waals surface area contributed by atoms with Crippen LogP contribution in [0.5, 0.6) is 0 Å². The number of hydrogen-bond acceptors (Lipinski definition) is 2. The molecule has 2 aromatic heterocycles. The summed E-state index contributed by atoms with van der Waals surface area (Å²) in [5.41, 5.74) is 12.3. The van der Waals surface area contributed by atoms with E-state index in [1.54, 1.807) is 0 Å². The lowest BCUT2D eigenvalue weighted by Crippen LogP contribution is -2.39. The van der Waals surface area contributed by atoms with Gasteiger partial charge in [-0.1, -0.05) is 103 Å². The minimum atomic E-state index is 0.492. The Labute approximate surface area is 297 Å². The first kappa shape index (κ1) is 29.0. The van der Waals surface area contributed by atoms with Crippen molar-refractivity contribution >= 4 is 55.0 Å². The molecule has 1 saturated heterocycles. The summed E-state index contributed by atoms with van der Waals surface area (Å²) in [6.07, 6.45) is 12.2. The lowest BCUT2D eigenvalue weighted by molar-refractivity contribution is 0.437. The van der Waals surface area contributed by atoms with E-state index in [0.29, 0.717) is 23.9 Å². The van der Waals surface area contributed by atoms with Gasteiger partial charge in [-0.15, -0.1) is 0 Å². The molecule has 6 aromatic carbocycles. The van der Waals surface area contributed by atoms with E-state index in [4.69, 9.17) is 4.42 Å². The molecule has 0 amide bonds. The molecule has 0 spiro atoms. The Morgan fingerprint density at radius 2 is 1.22 bits per heavy atom. The molecule has 11 rings (SSSR count). The first-order valence-corrected chi connectivity index (χ1v) is 18.5. The molecular weight excluding hydrogens is 621 g/mol. The average Bonchev–Trinajstić information content (AvgIpc) is 3.85. The number of benzene rings is 6. The highest BCUT2D eigenvalue weighted by atomic mass is 16.3. The van der Waals surface area contributed by atoms with Gasteiger partial charge in [0.05, 0.1) is 11.0 Å². The molecule has 4 atom stereocenters. The molecule has 1 aliphatic heterocycles. The molecule has 0 bridgehead atoms. The second kappa shape index (κ2) is 11.4. The van der Waals surface area contributed by atoms with Gasteiger partial charge in [0.2, 0.25) is 0 Å². The fraction of sp³-hybridized carbons (Fsp3) is 0.167. The largest absolute Gasteiger partial charge is 0.456 e. The van der Waals surface area contributed by atoms with Crippen molar-refractivity contribution in [3.8, 4) is 16.8 Å². The first-order chi connectivity index (χ1) is 25.3. The van der Waals surface area contributed by atoms with E-state index in [9.17, 15) is 0 Å². The zero-order valence-corrected chi connectivity index (χ0v) is 28.5. The second-order valence-corrected chi connectivity index (χ2v) is 14.7. The summed E-state index contributed by atoms with van der Waals surface area (Å²) in [6.45, 7) is 0. The zero-order valence-electron chi connectivity index (χ0n) is 28.5. The third-order valence-electron chi connectivity index (χ3n) is 12.1. The fourth-order valence-electron chi connectivity index (χ4n) is 9.79. The van der Waals surface area contributed by atoms with Crippen molar-refractivity contribution in [2.75, 3.05) is 4.90 Å². The molecule has 2 aliphatic carbocycles. The lowest BCUT2D eigenvalue weighted by Gasteiger charge is -2.36. The van der Waals surface area contributed by atoms with Crippen molar-refractivity contribution in [2.24, 2.45) is 11.8 Å². The zero-order chi connectivity index (χ0) is 33.5. The Kier molecular flexibility index (Phi) is 6.46. The van der Waals surface area contributed by atoms with Gasteiger partial charge in [-0.3, -0.25) is 0 Å². The second-order valence-electron chi connectivity index (χ2n) is 14.7. The van der Waals surface area contributed by atoms with Crippen molar-refractivity contribution in [1.29, 1.82) is 0 Å². The Balaban J connectivity index is 0.973. The van der Waals surface area contributed by atoms with Gasteiger partial charge >= 0.3 is 0 Å². The normalized spacial score (nSPS) is 21.4. The molecule has 3 heteroatoms. The number of hydrogen-bond donors (Lipinski definition) is 0. The molecule has 3 nitrogen and oxygen atoms in total. The Morgan fingerprint density at radius 1 is 0.510 bits per heavy atom. The van der Waals surface area contributed by atoms with Crippen molar-refractivity contribution in [3.63, 3.8) is 0 Å². The molecule has 3 aliphatic rings. The number of nitrogens with zero attached hydrogens (tertiary/aromatic N) is 2. The van der Waals surface area contributed by atoms with Gasteiger partial charge < -0.3 is 13.9 Å². The summed E-state index contributed by atoms with van der Waals surface area (Å²) in [5, 5.41) is 5.06. The summed E-state index contributed by atoms with van der Waals surface area (Å²) in [6, 6.07) is 52.1. The van der Waals surface area contributed by atoms with Crippen LogP contribution >= 0.6 is 0 Å². The molecule has 0 saturated carbocycles. The predicted octanol–water partition coefficient (Wildman–Crippen LogP) is 12.4. The van der Waals surface area contributed by atoms with Crippen LogP contribution in [-0.2, 0) is 0 Å². The Morgan fingerprint density at radius 3 is 2.12 bits per heavy atom. The molecule has 3 heterocycles. The average molecular weight is 659 g/mol. The van der Waals surface area contributed by atoms with E-state index in [-0.39, 0.29) is 0 Å². The Bertz CT molecular complexity index is 2670. The summed E-state index contributed by atoms with van der Waals surface area (Å²) >= 11 is 0. The third kappa shape index (κ3) is 4.50. The summed E-state index contributed by atoms with van der Waals surface area (Å²) in [7, 11) is 0. The smallest absolute Gasteiger partial charge is 0.135 e. The summed E-state index contributed by atoms with van der Waals surface area (Å²) in [4.78, 5) is 2.80. The summed E-state index contributed by atoms with van der Waals surface area (Å²) < 4.78 is 8.64. The Hall–Kier alpha value is -5.80. The van der Waals surface area contributed by atoms with Crippen LogP contribution in [-0.4, -0.2) is 16.7 Å². The van der Waals surface area contributed by atoms with Crippen LogP contribution in [0.2, 0.25) is 0 Å². The van der Waals surface area contributed by atoms with Crippen molar-refractivity contribution < 1.29 is 4.42 Å².